The average Bonchev–Trinajstić information content (AvgIpc) is 2.43. The van der Waals surface area contributed by atoms with E-state index in [9.17, 15) is 13.2 Å². The molecule has 4 nitrogen and oxygen atoms in total. The van der Waals surface area contributed by atoms with Crippen LogP contribution in [0.2, 0.25) is 0 Å². The maximum Gasteiger partial charge on any atom is 0.335 e. The molecule has 21 heavy (non-hydrogen) atoms. The molecule has 0 spiro atoms. The molecule has 0 aliphatic heterocycles. The number of rotatable bonds is 8. The molecule has 0 aromatic heterocycles. The molecule has 0 heterocycles. The smallest absolute Gasteiger partial charge is 0.335 e. The van der Waals surface area contributed by atoms with Gasteiger partial charge in [0.1, 0.15) is 0 Å². The molecule has 0 saturated heterocycles. The van der Waals surface area contributed by atoms with Gasteiger partial charge in [-0.1, -0.05) is 39.2 Å². The van der Waals surface area contributed by atoms with E-state index in [1.54, 1.807) is 13.0 Å². The number of carboxylic acids is 1. The van der Waals surface area contributed by atoms with Crippen LogP contribution in [0.4, 0.5) is 0 Å². The fourth-order valence-corrected chi connectivity index (χ4v) is 4.12. The fourth-order valence-electron chi connectivity index (χ4n) is 2.33. The van der Waals surface area contributed by atoms with Gasteiger partial charge in [0.2, 0.25) is 0 Å². The summed E-state index contributed by atoms with van der Waals surface area (Å²) in [6, 6.07) is 4.34. The Morgan fingerprint density at radius 3 is 2.48 bits per heavy atom. The van der Waals surface area contributed by atoms with Crippen LogP contribution in [0.25, 0.3) is 0 Å². The molecule has 1 atom stereocenters. The van der Waals surface area contributed by atoms with E-state index in [1.807, 2.05) is 6.92 Å². The minimum Gasteiger partial charge on any atom is -0.478 e. The van der Waals surface area contributed by atoms with E-state index in [0.717, 1.165) is 25.7 Å². The average molecular weight is 312 g/mol. The highest BCUT2D eigenvalue weighted by Crippen LogP contribution is 2.22. The Bertz CT molecular complexity index is 590. The summed E-state index contributed by atoms with van der Waals surface area (Å²) in [5.74, 6) is -0.877. The van der Waals surface area contributed by atoms with Gasteiger partial charge in [-0.3, -0.25) is 0 Å². The third-order valence-electron chi connectivity index (χ3n) is 3.80. The van der Waals surface area contributed by atoms with Crippen molar-refractivity contribution < 1.29 is 18.3 Å². The molecule has 5 heteroatoms. The molecular weight excluding hydrogens is 288 g/mol. The lowest BCUT2D eigenvalue weighted by Crippen LogP contribution is -2.17. The van der Waals surface area contributed by atoms with Gasteiger partial charge >= 0.3 is 5.97 Å². The molecular formula is C16H24O4S. The molecule has 0 saturated carbocycles. The minimum absolute atomic E-state index is 0.0534. The van der Waals surface area contributed by atoms with Gasteiger partial charge in [0.05, 0.1) is 16.2 Å². The van der Waals surface area contributed by atoms with Gasteiger partial charge in [-0.05, 0) is 37.0 Å². The molecule has 1 rings (SSSR count). The molecule has 118 valence electrons. The third-order valence-corrected chi connectivity index (χ3v) is 5.68. The van der Waals surface area contributed by atoms with Crippen molar-refractivity contribution in [2.24, 2.45) is 5.92 Å². The predicted molar refractivity (Wildman–Crippen MR) is 83.5 cm³/mol. The molecule has 0 bridgehead atoms. The Morgan fingerprint density at radius 2 is 1.95 bits per heavy atom. The standard InChI is InChI=1S/C16H24O4S/c1-4-6-7-13(5-2)11-21(19,20)14-9-8-12(3)15(10-14)16(17)18/h8-10,13H,4-7,11H2,1-3H3,(H,17,18). The van der Waals surface area contributed by atoms with E-state index in [0.29, 0.717) is 5.56 Å². The number of sulfone groups is 1. The normalized spacial score (nSPS) is 13.1. The lowest BCUT2D eigenvalue weighted by Gasteiger charge is -2.15. The highest BCUT2D eigenvalue weighted by Gasteiger charge is 2.21. The monoisotopic (exact) mass is 312 g/mol. The summed E-state index contributed by atoms with van der Waals surface area (Å²) in [4.78, 5) is 11.2. The predicted octanol–water partition coefficient (Wildman–Crippen LogP) is 3.68. The van der Waals surface area contributed by atoms with E-state index in [4.69, 9.17) is 5.11 Å². The van der Waals surface area contributed by atoms with Crippen molar-refractivity contribution in [2.45, 2.75) is 51.3 Å². The third kappa shape index (κ3) is 4.84. The summed E-state index contributed by atoms with van der Waals surface area (Å²) in [5, 5.41) is 9.11. The summed E-state index contributed by atoms with van der Waals surface area (Å²) in [6.07, 6.45) is 3.77. The van der Waals surface area contributed by atoms with Gasteiger partial charge in [0, 0.05) is 0 Å². The summed E-state index contributed by atoms with van der Waals surface area (Å²) in [6.45, 7) is 5.74. The van der Waals surface area contributed by atoms with Crippen LogP contribution < -0.4 is 0 Å². The Balaban J connectivity index is 3.02. The lowest BCUT2D eigenvalue weighted by atomic mass is 10.0. The molecule has 1 unspecified atom stereocenters. The summed E-state index contributed by atoms with van der Waals surface area (Å²) in [7, 11) is -3.44. The van der Waals surface area contributed by atoms with Gasteiger partial charge in [-0.25, -0.2) is 13.2 Å². The van der Waals surface area contributed by atoms with E-state index < -0.39 is 15.8 Å². The lowest BCUT2D eigenvalue weighted by molar-refractivity contribution is 0.0696. The van der Waals surface area contributed by atoms with Crippen LogP contribution in [0.1, 0.15) is 55.5 Å². The van der Waals surface area contributed by atoms with Crippen molar-refractivity contribution >= 4 is 15.8 Å². The van der Waals surface area contributed by atoms with Crippen LogP contribution in [-0.4, -0.2) is 25.2 Å². The highest BCUT2D eigenvalue weighted by molar-refractivity contribution is 7.91. The molecule has 0 amide bonds. The van der Waals surface area contributed by atoms with Crippen LogP contribution in [0.3, 0.4) is 0 Å². The van der Waals surface area contributed by atoms with E-state index >= 15 is 0 Å². The van der Waals surface area contributed by atoms with Crippen LogP contribution in [0.15, 0.2) is 23.1 Å². The van der Waals surface area contributed by atoms with Crippen LogP contribution in [-0.2, 0) is 9.84 Å². The number of carbonyl (C=O) groups is 1. The summed E-state index contributed by atoms with van der Waals surface area (Å²) in [5.41, 5.74) is 0.622. The first-order valence-electron chi connectivity index (χ1n) is 7.38. The van der Waals surface area contributed by atoms with Crippen LogP contribution in [0.5, 0.6) is 0 Å². The van der Waals surface area contributed by atoms with Crippen molar-refractivity contribution in [1.82, 2.24) is 0 Å². The molecule has 0 fully saturated rings. The number of aryl methyl sites for hydroxylation is 1. The minimum atomic E-state index is -3.44. The number of hydrogen-bond donors (Lipinski definition) is 1. The zero-order valence-electron chi connectivity index (χ0n) is 12.9. The van der Waals surface area contributed by atoms with E-state index in [2.05, 4.69) is 6.92 Å². The van der Waals surface area contributed by atoms with E-state index in [-0.39, 0.29) is 22.1 Å². The largest absolute Gasteiger partial charge is 0.478 e. The zero-order valence-corrected chi connectivity index (χ0v) is 13.7. The second-order valence-electron chi connectivity index (χ2n) is 5.48. The van der Waals surface area contributed by atoms with Crippen molar-refractivity contribution in [1.29, 1.82) is 0 Å². The quantitative estimate of drug-likeness (QED) is 0.794. The van der Waals surface area contributed by atoms with Gasteiger partial charge in [-0.15, -0.1) is 0 Å². The first-order chi connectivity index (χ1) is 9.81. The molecule has 1 N–H and O–H groups in total. The Labute approximate surface area is 127 Å². The first kappa shape index (κ1) is 17.7. The Morgan fingerprint density at radius 1 is 1.29 bits per heavy atom. The van der Waals surface area contributed by atoms with Crippen molar-refractivity contribution in [3.05, 3.63) is 29.3 Å². The molecule has 1 aromatic carbocycles. The Kier molecular flexibility index (Phi) is 6.40. The van der Waals surface area contributed by atoms with E-state index in [1.165, 1.54) is 12.1 Å². The Hall–Kier alpha value is -1.36. The van der Waals surface area contributed by atoms with Crippen molar-refractivity contribution in [3.8, 4) is 0 Å². The topological polar surface area (TPSA) is 71.4 Å². The fraction of sp³-hybridized carbons (Fsp3) is 0.562. The highest BCUT2D eigenvalue weighted by atomic mass is 32.2. The zero-order chi connectivity index (χ0) is 16.0. The molecule has 1 aromatic rings. The molecule has 0 aliphatic rings. The van der Waals surface area contributed by atoms with Crippen LogP contribution in [0, 0.1) is 12.8 Å². The van der Waals surface area contributed by atoms with Crippen molar-refractivity contribution in [2.75, 3.05) is 5.75 Å². The number of benzene rings is 1. The summed E-state index contributed by atoms with van der Waals surface area (Å²) >= 11 is 0. The second-order valence-corrected chi connectivity index (χ2v) is 7.51. The van der Waals surface area contributed by atoms with Gasteiger partial charge in [-0.2, -0.15) is 0 Å². The number of hydrogen-bond acceptors (Lipinski definition) is 3. The van der Waals surface area contributed by atoms with Crippen LogP contribution >= 0.6 is 0 Å². The second kappa shape index (κ2) is 7.59. The van der Waals surface area contributed by atoms with Gasteiger partial charge in [0.25, 0.3) is 0 Å². The van der Waals surface area contributed by atoms with Gasteiger partial charge < -0.3 is 5.11 Å². The number of unbranched alkanes of at least 4 members (excludes halogenated alkanes) is 1. The van der Waals surface area contributed by atoms with Gasteiger partial charge in [0.15, 0.2) is 9.84 Å². The first-order valence-corrected chi connectivity index (χ1v) is 9.03. The SMILES string of the molecule is CCCCC(CC)CS(=O)(=O)c1ccc(C)c(C(=O)O)c1. The molecule has 0 radical (unpaired) electrons. The maximum absolute atomic E-state index is 12.5. The van der Waals surface area contributed by atoms with Crippen molar-refractivity contribution in [3.63, 3.8) is 0 Å². The molecule has 0 aliphatic carbocycles. The number of carboxylic acid groups (broad SMARTS) is 1. The number of aromatic carboxylic acids is 1. The summed E-state index contributed by atoms with van der Waals surface area (Å²) < 4.78 is 24.9. The maximum atomic E-state index is 12.5.